The molecule has 0 spiro atoms. The van der Waals surface area contributed by atoms with Crippen LogP contribution in [0.1, 0.15) is 19.8 Å². The molecule has 1 aromatic rings. The van der Waals surface area contributed by atoms with E-state index in [1.807, 2.05) is 0 Å². The number of benzene rings is 1. The Morgan fingerprint density at radius 2 is 1.83 bits per heavy atom. The summed E-state index contributed by atoms with van der Waals surface area (Å²) in [5.74, 6) is -0.0588. The van der Waals surface area contributed by atoms with Gasteiger partial charge < -0.3 is 16.0 Å². The Labute approximate surface area is 145 Å². The lowest BCUT2D eigenvalue weighted by atomic mass is 10.2. The van der Waals surface area contributed by atoms with E-state index in [1.165, 1.54) is 5.69 Å². The normalized spacial score (nSPS) is 16.5. The molecule has 0 saturated carbocycles. The molecule has 2 rings (SSSR count). The van der Waals surface area contributed by atoms with Gasteiger partial charge in [0.2, 0.25) is 5.91 Å². The minimum atomic E-state index is -0.411. The molecule has 3 N–H and O–H groups in total. The summed E-state index contributed by atoms with van der Waals surface area (Å²) in [4.78, 5) is 16.3. The van der Waals surface area contributed by atoms with Gasteiger partial charge in [-0.3, -0.25) is 9.69 Å². The van der Waals surface area contributed by atoms with Crippen LogP contribution in [0.4, 0.5) is 5.69 Å². The van der Waals surface area contributed by atoms with E-state index >= 15 is 0 Å². The first-order valence-electron chi connectivity index (χ1n) is 8.22. The first kappa shape index (κ1) is 19.7. The Hall–Kier alpha value is -1.30. The highest BCUT2D eigenvalue weighted by atomic mass is 35.5. The minimum Gasteiger partial charge on any atom is -0.369 e. The van der Waals surface area contributed by atoms with E-state index in [9.17, 15) is 4.79 Å². The van der Waals surface area contributed by atoms with Gasteiger partial charge in [-0.2, -0.15) is 0 Å². The molecular weight excluding hydrogens is 312 g/mol. The fourth-order valence-electron chi connectivity index (χ4n) is 2.70. The van der Waals surface area contributed by atoms with E-state index in [0.29, 0.717) is 0 Å². The molecule has 1 saturated heterocycles. The molecule has 5 nitrogen and oxygen atoms in total. The van der Waals surface area contributed by atoms with Gasteiger partial charge in [0.25, 0.3) is 0 Å². The van der Waals surface area contributed by atoms with Crippen molar-refractivity contribution in [1.29, 1.82) is 0 Å². The fraction of sp³-hybridized carbons (Fsp3) is 0.588. The summed E-state index contributed by atoms with van der Waals surface area (Å²) in [6.07, 6.45) is 2.13. The first-order valence-corrected chi connectivity index (χ1v) is 8.22. The highest BCUT2D eigenvalue weighted by Gasteiger charge is 2.16. The highest BCUT2D eigenvalue weighted by Crippen LogP contribution is 2.15. The van der Waals surface area contributed by atoms with Gasteiger partial charge in [0.05, 0.1) is 6.04 Å². The lowest BCUT2D eigenvalue weighted by Crippen LogP contribution is -2.46. The molecule has 1 heterocycles. The Bertz CT molecular complexity index is 447. The van der Waals surface area contributed by atoms with Crippen LogP contribution in [-0.4, -0.2) is 56.1 Å². The predicted octanol–water partition coefficient (Wildman–Crippen LogP) is 1.47. The highest BCUT2D eigenvalue weighted by molar-refractivity contribution is 5.85. The third kappa shape index (κ3) is 6.77. The number of nitrogens with zero attached hydrogens (tertiary/aromatic N) is 2. The lowest BCUT2D eigenvalue weighted by molar-refractivity contribution is -0.121. The second kappa shape index (κ2) is 10.5. The van der Waals surface area contributed by atoms with E-state index in [4.69, 9.17) is 5.73 Å². The standard InChI is InChI=1S/C17H28N4O.ClH/c1-15(18)17(22)19-9-5-6-10-20-11-13-21(14-12-20)16-7-3-2-4-8-16;/h2-4,7-8,15H,5-6,9-14,18H2,1H3,(H,19,22);1H. The van der Waals surface area contributed by atoms with Gasteiger partial charge in [-0.25, -0.2) is 0 Å². The van der Waals surface area contributed by atoms with Crippen molar-refractivity contribution in [2.45, 2.75) is 25.8 Å². The van der Waals surface area contributed by atoms with Crippen molar-refractivity contribution in [2.24, 2.45) is 5.73 Å². The molecule has 23 heavy (non-hydrogen) atoms. The first-order chi connectivity index (χ1) is 10.7. The molecule has 1 aliphatic rings. The van der Waals surface area contributed by atoms with Crippen LogP contribution < -0.4 is 16.0 Å². The van der Waals surface area contributed by atoms with Crippen molar-refractivity contribution in [3.63, 3.8) is 0 Å². The zero-order chi connectivity index (χ0) is 15.8. The molecule has 130 valence electrons. The van der Waals surface area contributed by atoms with E-state index in [1.54, 1.807) is 6.92 Å². The van der Waals surface area contributed by atoms with Crippen molar-refractivity contribution in [3.05, 3.63) is 30.3 Å². The number of anilines is 1. The van der Waals surface area contributed by atoms with E-state index in [0.717, 1.165) is 52.1 Å². The Balaban J connectivity index is 0.00000264. The molecule has 0 radical (unpaired) electrons. The molecule has 1 amide bonds. The Morgan fingerprint density at radius 1 is 1.17 bits per heavy atom. The van der Waals surface area contributed by atoms with E-state index < -0.39 is 6.04 Å². The van der Waals surface area contributed by atoms with Crippen LogP contribution in [0.3, 0.4) is 0 Å². The number of carbonyl (C=O) groups excluding carboxylic acids is 1. The quantitative estimate of drug-likeness (QED) is 0.738. The van der Waals surface area contributed by atoms with Gasteiger partial charge in [-0.1, -0.05) is 18.2 Å². The molecule has 1 fully saturated rings. The van der Waals surface area contributed by atoms with Crippen molar-refractivity contribution in [3.8, 4) is 0 Å². The number of piperazine rings is 1. The summed E-state index contributed by atoms with van der Waals surface area (Å²) < 4.78 is 0. The van der Waals surface area contributed by atoms with Crippen LogP contribution in [0.5, 0.6) is 0 Å². The van der Waals surface area contributed by atoms with E-state index in [-0.39, 0.29) is 18.3 Å². The van der Waals surface area contributed by atoms with E-state index in [2.05, 4.69) is 45.4 Å². The van der Waals surface area contributed by atoms with Crippen LogP contribution in [0, 0.1) is 0 Å². The Morgan fingerprint density at radius 3 is 2.43 bits per heavy atom. The number of carbonyl (C=O) groups is 1. The number of hydrogen-bond acceptors (Lipinski definition) is 4. The number of amides is 1. The Kier molecular flexibility index (Phi) is 8.99. The number of para-hydroxylation sites is 1. The van der Waals surface area contributed by atoms with Crippen molar-refractivity contribution in [2.75, 3.05) is 44.2 Å². The summed E-state index contributed by atoms with van der Waals surface area (Å²) in [5.41, 5.74) is 6.82. The number of rotatable bonds is 7. The molecule has 1 aliphatic heterocycles. The zero-order valence-corrected chi connectivity index (χ0v) is 14.7. The third-order valence-electron chi connectivity index (χ3n) is 4.11. The van der Waals surface area contributed by atoms with Crippen LogP contribution >= 0.6 is 12.4 Å². The number of nitrogens with one attached hydrogen (secondary N) is 1. The summed E-state index contributed by atoms with van der Waals surface area (Å²) in [5, 5.41) is 2.86. The molecule has 0 aromatic heterocycles. The molecule has 0 aliphatic carbocycles. The van der Waals surface area contributed by atoms with Crippen LogP contribution in [0.15, 0.2) is 30.3 Å². The van der Waals surface area contributed by atoms with Crippen LogP contribution in [0.2, 0.25) is 0 Å². The van der Waals surface area contributed by atoms with Crippen LogP contribution in [0.25, 0.3) is 0 Å². The number of unbranched alkanes of at least 4 members (excludes halogenated alkanes) is 1. The van der Waals surface area contributed by atoms with Gasteiger partial charge in [0.15, 0.2) is 0 Å². The molecule has 1 aromatic carbocycles. The van der Waals surface area contributed by atoms with Gasteiger partial charge in [-0.05, 0) is 38.4 Å². The third-order valence-corrected chi connectivity index (χ3v) is 4.11. The smallest absolute Gasteiger partial charge is 0.236 e. The zero-order valence-electron chi connectivity index (χ0n) is 13.9. The number of hydrogen-bond donors (Lipinski definition) is 2. The summed E-state index contributed by atoms with van der Waals surface area (Å²) in [7, 11) is 0. The molecule has 1 unspecified atom stereocenters. The molecule has 6 heteroatoms. The van der Waals surface area contributed by atoms with Gasteiger partial charge in [0.1, 0.15) is 0 Å². The predicted molar refractivity (Wildman–Crippen MR) is 98.2 cm³/mol. The van der Waals surface area contributed by atoms with Gasteiger partial charge >= 0.3 is 0 Å². The fourth-order valence-corrected chi connectivity index (χ4v) is 2.70. The molecule has 0 bridgehead atoms. The second-order valence-corrected chi connectivity index (χ2v) is 5.95. The largest absolute Gasteiger partial charge is 0.369 e. The number of halogens is 1. The summed E-state index contributed by atoms with van der Waals surface area (Å²) in [6, 6.07) is 10.2. The SMILES string of the molecule is CC(N)C(=O)NCCCCN1CCN(c2ccccc2)CC1.Cl. The average molecular weight is 341 g/mol. The maximum atomic E-state index is 11.3. The van der Waals surface area contributed by atoms with Crippen molar-refractivity contribution < 1.29 is 4.79 Å². The van der Waals surface area contributed by atoms with Crippen molar-refractivity contribution >= 4 is 24.0 Å². The topological polar surface area (TPSA) is 61.6 Å². The molecular formula is C17H29ClN4O. The minimum absolute atomic E-state index is 0. The summed E-state index contributed by atoms with van der Waals surface area (Å²) in [6.45, 7) is 7.95. The average Bonchev–Trinajstić information content (AvgIpc) is 2.55. The monoisotopic (exact) mass is 340 g/mol. The summed E-state index contributed by atoms with van der Waals surface area (Å²) >= 11 is 0. The van der Waals surface area contributed by atoms with Gasteiger partial charge in [-0.15, -0.1) is 12.4 Å². The van der Waals surface area contributed by atoms with Gasteiger partial charge in [0, 0.05) is 38.4 Å². The lowest BCUT2D eigenvalue weighted by Gasteiger charge is -2.36. The maximum absolute atomic E-state index is 11.3. The second-order valence-electron chi connectivity index (χ2n) is 5.95. The number of nitrogens with two attached hydrogens (primary N) is 1. The van der Waals surface area contributed by atoms with Crippen LogP contribution in [-0.2, 0) is 4.79 Å². The molecule has 1 atom stereocenters. The maximum Gasteiger partial charge on any atom is 0.236 e. The van der Waals surface area contributed by atoms with Crippen molar-refractivity contribution in [1.82, 2.24) is 10.2 Å².